The van der Waals surface area contributed by atoms with E-state index < -0.39 is 0 Å². The van der Waals surface area contributed by atoms with Crippen LogP contribution in [0.3, 0.4) is 0 Å². The van der Waals surface area contributed by atoms with Gasteiger partial charge in [0, 0.05) is 5.56 Å². The Morgan fingerprint density at radius 1 is 1.11 bits per heavy atom. The third-order valence-corrected chi connectivity index (χ3v) is 3.43. The van der Waals surface area contributed by atoms with Crippen molar-refractivity contribution in [2.24, 2.45) is 5.92 Å². The predicted octanol–water partition coefficient (Wildman–Crippen LogP) is 3.55. The highest BCUT2D eigenvalue weighted by Crippen LogP contribution is 2.17. The van der Waals surface area contributed by atoms with Gasteiger partial charge in [-0.05, 0) is 50.4 Å². The SMILES string of the molecule is CC(C)CC(C#Cc1ccccc1)N1CCCC1. The summed E-state index contributed by atoms with van der Waals surface area (Å²) in [6.45, 7) is 7.02. The first kappa shape index (κ1) is 13.2. The van der Waals surface area contributed by atoms with Crippen LogP contribution in [0.5, 0.6) is 0 Å². The van der Waals surface area contributed by atoms with Gasteiger partial charge in [-0.3, -0.25) is 4.90 Å². The average molecular weight is 241 g/mol. The molecule has 1 atom stereocenters. The van der Waals surface area contributed by atoms with E-state index in [9.17, 15) is 0 Å². The minimum absolute atomic E-state index is 0.438. The summed E-state index contributed by atoms with van der Waals surface area (Å²) < 4.78 is 0. The zero-order valence-corrected chi connectivity index (χ0v) is 11.5. The number of nitrogens with zero attached hydrogens (tertiary/aromatic N) is 1. The third-order valence-electron chi connectivity index (χ3n) is 3.43. The van der Waals surface area contributed by atoms with Gasteiger partial charge in [-0.25, -0.2) is 0 Å². The van der Waals surface area contributed by atoms with Crippen LogP contribution in [0.15, 0.2) is 30.3 Å². The van der Waals surface area contributed by atoms with Gasteiger partial charge in [-0.2, -0.15) is 0 Å². The van der Waals surface area contributed by atoms with Gasteiger partial charge in [-0.1, -0.05) is 43.9 Å². The van der Waals surface area contributed by atoms with Crippen molar-refractivity contribution in [1.82, 2.24) is 4.90 Å². The minimum Gasteiger partial charge on any atom is -0.290 e. The molecule has 0 bridgehead atoms. The highest BCUT2D eigenvalue weighted by molar-refractivity contribution is 5.34. The van der Waals surface area contributed by atoms with Crippen LogP contribution in [0.2, 0.25) is 0 Å². The lowest BCUT2D eigenvalue weighted by atomic mass is 10.0. The molecule has 1 heteroatoms. The number of rotatable bonds is 3. The van der Waals surface area contributed by atoms with Gasteiger partial charge in [-0.15, -0.1) is 0 Å². The Morgan fingerprint density at radius 3 is 2.39 bits per heavy atom. The fourth-order valence-corrected chi connectivity index (χ4v) is 2.49. The summed E-state index contributed by atoms with van der Waals surface area (Å²) in [5.41, 5.74) is 1.13. The van der Waals surface area contributed by atoms with Crippen LogP contribution >= 0.6 is 0 Å². The van der Waals surface area contributed by atoms with E-state index >= 15 is 0 Å². The molecule has 18 heavy (non-hydrogen) atoms. The van der Waals surface area contributed by atoms with Gasteiger partial charge in [0.15, 0.2) is 0 Å². The summed E-state index contributed by atoms with van der Waals surface area (Å²) in [5.74, 6) is 7.53. The van der Waals surface area contributed by atoms with Crippen LogP contribution in [0, 0.1) is 17.8 Å². The van der Waals surface area contributed by atoms with E-state index in [-0.39, 0.29) is 0 Å². The molecule has 0 aromatic heterocycles. The second kappa shape index (κ2) is 6.61. The maximum Gasteiger partial charge on any atom is 0.0720 e. The van der Waals surface area contributed by atoms with E-state index in [2.05, 4.69) is 54.9 Å². The second-order valence-electron chi connectivity index (χ2n) is 5.52. The van der Waals surface area contributed by atoms with E-state index in [1.807, 2.05) is 6.07 Å². The fourth-order valence-electron chi connectivity index (χ4n) is 2.49. The summed E-state index contributed by atoms with van der Waals surface area (Å²) in [7, 11) is 0. The molecule has 1 saturated heterocycles. The molecule has 2 rings (SSSR count). The summed E-state index contributed by atoms with van der Waals surface area (Å²) in [4.78, 5) is 2.55. The van der Waals surface area contributed by atoms with E-state index in [1.54, 1.807) is 0 Å². The molecule has 0 aliphatic carbocycles. The quantitative estimate of drug-likeness (QED) is 0.732. The Labute approximate surface area is 111 Å². The van der Waals surface area contributed by atoms with Gasteiger partial charge in [0.2, 0.25) is 0 Å². The summed E-state index contributed by atoms with van der Waals surface area (Å²) in [6.07, 6.45) is 3.85. The lowest BCUT2D eigenvalue weighted by molar-refractivity contribution is 0.260. The topological polar surface area (TPSA) is 3.24 Å². The van der Waals surface area contributed by atoms with Crippen LogP contribution < -0.4 is 0 Å². The molecular formula is C17H23N. The number of hydrogen-bond donors (Lipinski definition) is 0. The van der Waals surface area contributed by atoms with Crippen LogP contribution in [0.25, 0.3) is 0 Å². The van der Waals surface area contributed by atoms with Crippen molar-refractivity contribution < 1.29 is 0 Å². The third kappa shape index (κ3) is 3.89. The molecule has 1 heterocycles. The summed E-state index contributed by atoms with van der Waals surface area (Å²) >= 11 is 0. The van der Waals surface area contributed by atoms with E-state index in [0.29, 0.717) is 12.0 Å². The molecule has 96 valence electrons. The van der Waals surface area contributed by atoms with Crippen LogP contribution in [0.1, 0.15) is 38.7 Å². The standard InChI is InChI=1S/C17H23N/c1-15(2)14-17(18-12-6-7-13-18)11-10-16-8-4-3-5-9-16/h3-5,8-9,15,17H,6-7,12-14H2,1-2H3. The fraction of sp³-hybridized carbons (Fsp3) is 0.529. The van der Waals surface area contributed by atoms with Crippen molar-refractivity contribution >= 4 is 0 Å². The summed E-state index contributed by atoms with van der Waals surface area (Å²) in [5, 5.41) is 0. The van der Waals surface area contributed by atoms with Crippen LogP contribution in [-0.2, 0) is 0 Å². The number of benzene rings is 1. The van der Waals surface area contributed by atoms with E-state index in [0.717, 1.165) is 5.56 Å². The van der Waals surface area contributed by atoms with Crippen molar-refractivity contribution in [3.8, 4) is 11.8 Å². The molecule has 1 aliphatic heterocycles. The first-order valence-corrected chi connectivity index (χ1v) is 7.06. The van der Waals surface area contributed by atoms with Crippen LogP contribution in [0.4, 0.5) is 0 Å². The largest absolute Gasteiger partial charge is 0.290 e. The number of hydrogen-bond acceptors (Lipinski definition) is 1. The highest BCUT2D eigenvalue weighted by atomic mass is 15.2. The molecule has 0 spiro atoms. The molecule has 1 fully saturated rings. The molecule has 1 aromatic rings. The normalized spacial score (nSPS) is 17.5. The first-order chi connectivity index (χ1) is 8.75. The molecule has 1 aliphatic rings. The molecule has 0 amide bonds. The molecule has 1 unspecified atom stereocenters. The van der Waals surface area contributed by atoms with Gasteiger partial charge >= 0.3 is 0 Å². The average Bonchev–Trinajstić information content (AvgIpc) is 2.89. The molecular weight excluding hydrogens is 218 g/mol. The lowest BCUT2D eigenvalue weighted by Gasteiger charge is -2.24. The molecule has 0 N–H and O–H groups in total. The molecule has 1 nitrogen and oxygen atoms in total. The Kier molecular flexibility index (Phi) is 4.84. The molecule has 0 saturated carbocycles. The van der Waals surface area contributed by atoms with Crippen molar-refractivity contribution in [1.29, 1.82) is 0 Å². The van der Waals surface area contributed by atoms with E-state index in [1.165, 1.54) is 32.4 Å². The molecule has 1 aromatic carbocycles. The predicted molar refractivity (Wildman–Crippen MR) is 77.4 cm³/mol. The van der Waals surface area contributed by atoms with Gasteiger partial charge in [0.25, 0.3) is 0 Å². The minimum atomic E-state index is 0.438. The summed E-state index contributed by atoms with van der Waals surface area (Å²) in [6, 6.07) is 10.8. The highest BCUT2D eigenvalue weighted by Gasteiger charge is 2.20. The zero-order valence-electron chi connectivity index (χ0n) is 11.5. The number of likely N-dealkylation sites (tertiary alicyclic amines) is 1. The first-order valence-electron chi connectivity index (χ1n) is 7.06. The maximum absolute atomic E-state index is 3.49. The smallest absolute Gasteiger partial charge is 0.0720 e. The van der Waals surface area contributed by atoms with E-state index in [4.69, 9.17) is 0 Å². The van der Waals surface area contributed by atoms with Gasteiger partial charge in [0.1, 0.15) is 0 Å². The van der Waals surface area contributed by atoms with Crippen molar-refractivity contribution in [2.45, 2.75) is 39.2 Å². The van der Waals surface area contributed by atoms with Crippen molar-refractivity contribution in [3.05, 3.63) is 35.9 Å². The second-order valence-corrected chi connectivity index (χ2v) is 5.52. The molecule has 0 radical (unpaired) electrons. The Balaban J connectivity index is 2.07. The monoisotopic (exact) mass is 241 g/mol. The lowest BCUT2D eigenvalue weighted by Crippen LogP contribution is -2.32. The van der Waals surface area contributed by atoms with Crippen LogP contribution in [-0.4, -0.2) is 24.0 Å². The Morgan fingerprint density at radius 2 is 1.78 bits per heavy atom. The van der Waals surface area contributed by atoms with Crippen molar-refractivity contribution in [3.63, 3.8) is 0 Å². The van der Waals surface area contributed by atoms with Gasteiger partial charge < -0.3 is 0 Å². The zero-order chi connectivity index (χ0) is 12.8. The maximum atomic E-state index is 3.49. The van der Waals surface area contributed by atoms with Gasteiger partial charge in [0.05, 0.1) is 6.04 Å². The van der Waals surface area contributed by atoms with Crippen molar-refractivity contribution in [2.75, 3.05) is 13.1 Å². The Bertz CT molecular complexity index is 404. The Hall–Kier alpha value is -1.26.